The summed E-state index contributed by atoms with van der Waals surface area (Å²) in [5.74, 6) is -1.04. The number of aryl methyl sites for hydroxylation is 1. The SMILES string of the molecule is Cc1ccsc1[C@H]([NH3+])CC(=O)[O-]. The van der Waals surface area contributed by atoms with Crippen LogP contribution in [-0.4, -0.2) is 5.97 Å². The van der Waals surface area contributed by atoms with Crippen LogP contribution in [0.4, 0.5) is 0 Å². The molecule has 66 valence electrons. The molecular weight excluding hydrogens is 174 g/mol. The average molecular weight is 185 g/mol. The average Bonchev–Trinajstić information content (AvgIpc) is 2.33. The molecule has 1 atom stereocenters. The Morgan fingerprint density at radius 2 is 2.50 bits per heavy atom. The molecule has 12 heavy (non-hydrogen) atoms. The van der Waals surface area contributed by atoms with Crippen LogP contribution in [-0.2, 0) is 4.79 Å². The smallest absolute Gasteiger partial charge is 0.125 e. The van der Waals surface area contributed by atoms with Crippen molar-refractivity contribution in [1.82, 2.24) is 0 Å². The molecule has 0 saturated carbocycles. The second-order valence-corrected chi connectivity index (χ2v) is 3.69. The molecule has 1 aromatic rings. The van der Waals surface area contributed by atoms with Crippen LogP contribution in [0.15, 0.2) is 11.4 Å². The van der Waals surface area contributed by atoms with Gasteiger partial charge in [-0.15, -0.1) is 11.3 Å². The maximum Gasteiger partial charge on any atom is 0.125 e. The van der Waals surface area contributed by atoms with Gasteiger partial charge in [0.1, 0.15) is 6.04 Å². The molecule has 0 saturated heterocycles. The third-order valence-corrected chi connectivity index (χ3v) is 2.87. The van der Waals surface area contributed by atoms with Gasteiger partial charge in [0, 0.05) is 12.4 Å². The third-order valence-electron chi connectivity index (χ3n) is 1.69. The minimum absolute atomic E-state index is 0.00134. The monoisotopic (exact) mass is 185 g/mol. The van der Waals surface area contributed by atoms with Gasteiger partial charge in [0.15, 0.2) is 0 Å². The lowest BCUT2D eigenvalue weighted by atomic mass is 10.1. The summed E-state index contributed by atoms with van der Waals surface area (Å²) in [6.45, 7) is 1.96. The summed E-state index contributed by atoms with van der Waals surface area (Å²) in [6.07, 6.45) is 0.00134. The maximum atomic E-state index is 10.3. The second-order valence-electron chi connectivity index (χ2n) is 2.74. The van der Waals surface area contributed by atoms with Gasteiger partial charge in [0.05, 0.1) is 4.88 Å². The first kappa shape index (κ1) is 9.22. The van der Waals surface area contributed by atoms with E-state index in [4.69, 9.17) is 0 Å². The summed E-state index contributed by atoms with van der Waals surface area (Å²) in [5, 5.41) is 12.2. The lowest BCUT2D eigenvalue weighted by Gasteiger charge is -2.07. The molecule has 0 unspecified atom stereocenters. The first-order valence-electron chi connectivity index (χ1n) is 3.68. The van der Waals surface area contributed by atoms with E-state index < -0.39 is 5.97 Å². The molecule has 0 aliphatic rings. The summed E-state index contributed by atoms with van der Waals surface area (Å²) in [5.41, 5.74) is 4.88. The zero-order valence-corrected chi connectivity index (χ0v) is 7.69. The van der Waals surface area contributed by atoms with Crippen molar-refractivity contribution >= 4 is 17.3 Å². The van der Waals surface area contributed by atoms with Gasteiger partial charge >= 0.3 is 0 Å². The molecule has 0 aliphatic carbocycles. The Kier molecular flexibility index (Phi) is 2.83. The number of aliphatic carboxylic acids is 1. The Morgan fingerprint density at radius 3 is 2.92 bits per heavy atom. The van der Waals surface area contributed by atoms with E-state index in [1.165, 1.54) is 0 Å². The molecule has 0 fully saturated rings. The number of carboxylic acids is 1. The zero-order chi connectivity index (χ0) is 9.14. The van der Waals surface area contributed by atoms with Crippen molar-refractivity contribution in [3.05, 3.63) is 21.9 Å². The number of carbonyl (C=O) groups is 1. The number of thiophene rings is 1. The number of quaternary nitrogens is 1. The van der Waals surface area contributed by atoms with Gasteiger partial charge in [-0.2, -0.15) is 0 Å². The van der Waals surface area contributed by atoms with E-state index in [9.17, 15) is 9.90 Å². The van der Waals surface area contributed by atoms with E-state index in [2.05, 4.69) is 5.73 Å². The van der Waals surface area contributed by atoms with Gasteiger partial charge in [0.25, 0.3) is 0 Å². The fraction of sp³-hybridized carbons (Fsp3) is 0.375. The Labute approximate surface area is 74.8 Å². The Morgan fingerprint density at radius 1 is 1.83 bits per heavy atom. The van der Waals surface area contributed by atoms with Crippen LogP contribution in [0.1, 0.15) is 22.9 Å². The zero-order valence-electron chi connectivity index (χ0n) is 6.87. The lowest BCUT2D eigenvalue weighted by Crippen LogP contribution is -2.55. The van der Waals surface area contributed by atoms with Crippen molar-refractivity contribution in [2.75, 3.05) is 0 Å². The molecule has 0 bridgehead atoms. The highest BCUT2D eigenvalue weighted by Crippen LogP contribution is 2.22. The number of hydrogen-bond acceptors (Lipinski definition) is 3. The van der Waals surface area contributed by atoms with E-state index in [1.54, 1.807) is 11.3 Å². The number of carboxylic acid groups (broad SMARTS) is 1. The molecule has 1 heterocycles. The second kappa shape index (κ2) is 3.69. The number of hydrogen-bond donors (Lipinski definition) is 1. The van der Waals surface area contributed by atoms with Crippen LogP contribution in [0, 0.1) is 6.92 Å². The molecule has 3 N–H and O–H groups in total. The predicted molar refractivity (Wildman–Crippen MR) is 44.3 cm³/mol. The first-order valence-corrected chi connectivity index (χ1v) is 4.56. The van der Waals surface area contributed by atoms with Crippen molar-refractivity contribution < 1.29 is 15.6 Å². The molecule has 3 nitrogen and oxygen atoms in total. The third kappa shape index (κ3) is 2.06. The Balaban J connectivity index is 2.71. The minimum Gasteiger partial charge on any atom is -0.550 e. The van der Waals surface area contributed by atoms with Crippen LogP contribution < -0.4 is 10.8 Å². The molecule has 1 rings (SSSR count). The fourth-order valence-electron chi connectivity index (χ4n) is 1.10. The standard InChI is InChI=1S/C8H11NO2S/c1-5-2-3-12-8(5)6(9)4-7(10)11/h2-3,6H,4,9H2,1H3,(H,10,11)/t6-/m1/s1. The van der Waals surface area contributed by atoms with Gasteiger partial charge < -0.3 is 15.6 Å². The molecule has 0 aliphatic heterocycles. The van der Waals surface area contributed by atoms with Crippen LogP contribution >= 0.6 is 11.3 Å². The highest BCUT2D eigenvalue weighted by atomic mass is 32.1. The summed E-state index contributed by atoms with van der Waals surface area (Å²) in [6, 6.07) is 1.79. The molecule has 4 heteroatoms. The molecule has 0 aromatic carbocycles. The van der Waals surface area contributed by atoms with Crippen LogP contribution in [0.2, 0.25) is 0 Å². The molecule has 0 amide bonds. The summed E-state index contributed by atoms with van der Waals surface area (Å²) < 4.78 is 0. The van der Waals surface area contributed by atoms with Gasteiger partial charge in [-0.3, -0.25) is 0 Å². The van der Waals surface area contributed by atoms with E-state index in [1.807, 2.05) is 18.4 Å². The maximum absolute atomic E-state index is 10.3. The van der Waals surface area contributed by atoms with Crippen molar-refractivity contribution in [2.24, 2.45) is 0 Å². The van der Waals surface area contributed by atoms with Crippen LogP contribution in [0.25, 0.3) is 0 Å². The minimum atomic E-state index is -1.04. The van der Waals surface area contributed by atoms with E-state index in [0.717, 1.165) is 10.4 Å². The van der Waals surface area contributed by atoms with E-state index in [-0.39, 0.29) is 12.5 Å². The van der Waals surface area contributed by atoms with Gasteiger partial charge in [-0.1, -0.05) is 0 Å². The summed E-state index contributed by atoms with van der Waals surface area (Å²) in [4.78, 5) is 11.3. The highest BCUT2D eigenvalue weighted by Gasteiger charge is 2.13. The van der Waals surface area contributed by atoms with E-state index in [0.29, 0.717) is 0 Å². The predicted octanol–water partition coefficient (Wildman–Crippen LogP) is -0.520. The Hall–Kier alpha value is -0.870. The lowest BCUT2D eigenvalue weighted by molar-refractivity contribution is -0.429. The fourth-order valence-corrected chi connectivity index (χ4v) is 2.05. The van der Waals surface area contributed by atoms with Crippen molar-refractivity contribution in [3.8, 4) is 0 Å². The highest BCUT2D eigenvalue weighted by molar-refractivity contribution is 7.10. The first-order chi connectivity index (χ1) is 5.61. The molecule has 1 aromatic heterocycles. The normalized spacial score (nSPS) is 12.8. The summed E-state index contributed by atoms with van der Waals surface area (Å²) in [7, 11) is 0. The van der Waals surface area contributed by atoms with Gasteiger partial charge in [-0.05, 0) is 23.9 Å². The topological polar surface area (TPSA) is 67.8 Å². The van der Waals surface area contributed by atoms with Crippen LogP contribution in [0.5, 0.6) is 0 Å². The van der Waals surface area contributed by atoms with E-state index >= 15 is 0 Å². The largest absolute Gasteiger partial charge is 0.550 e. The molecule has 0 spiro atoms. The summed E-state index contributed by atoms with van der Waals surface area (Å²) >= 11 is 1.55. The molecule has 0 radical (unpaired) electrons. The number of rotatable bonds is 3. The van der Waals surface area contributed by atoms with Crippen molar-refractivity contribution in [3.63, 3.8) is 0 Å². The van der Waals surface area contributed by atoms with Crippen molar-refractivity contribution in [1.29, 1.82) is 0 Å². The van der Waals surface area contributed by atoms with Gasteiger partial charge in [0.2, 0.25) is 0 Å². The van der Waals surface area contributed by atoms with Crippen molar-refractivity contribution in [2.45, 2.75) is 19.4 Å². The van der Waals surface area contributed by atoms with Crippen LogP contribution in [0.3, 0.4) is 0 Å². The number of carbonyl (C=O) groups excluding carboxylic acids is 1. The van der Waals surface area contributed by atoms with Gasteiger partial charge in [-0.25, -0.2) is 0 Å². The Bertz CT molecular complexity index is 282. The molecular formula is C8H11NO2S. The quantitative estimate of drug-likeness (QED) is 0.688.